The van der Waals surface area contributed by atoms with Gasteiger partial charge in [-0.2, -0.15) is 13.2 Å². The van der Waals surface area contributed by atoms with Gasteiger partial charge in [0, 0.05) is 6.54 Å². The van der Waals surface area contributed by atoms with Gasteiger partial charge in [0.05, 0.1) is 9.79 Å². The molecule has 1 aliphatic rings. The van der Waals surface area contributed by atoms with Crippen LogP contribution in [0.4, 0.5) is 17.6 Å². The van der Waals surface area contributed by atoms with Crippen LogP contribution in [-0.4, -0.2) is 32.1 Å². The lowest BCUT2D eigenvalue weighted by molar-refractivity contribution is -0.177. The summed E-state index contributed by atoms with van der Waals surface area (Å²) in [6.45, 7) is 0.186. The summed E-state index contributed by atoms with van der Waals surface area (Å²) in [5, 5.41) is 0. The van der Waals surface area contributed by atoms with Crippen molar-refractivity contribution in [1.29, 1.82) is 0 Å². The van der Waals surface area contributed by atoms with Gasteiger partial charge < -0.3 is 0 Å². The van der Waals surface area contributed by atoms with Crippen molar-refractivity contribution in [2.75, 3.05) is 6.54 Å². The maximum absolute atomic E-state index is 13.4. The third-order valence-electron chi connectivity index (χ3n) is 5.91. The lowest BCUT2D eigenvalue weighted by atomic mass is 10.1. The Hall–Kier alpha value is -2.97. The third-order valence-corrected chi connectivity index (χ3v) is 7.78. The van der Waals surface area contributed by atoms with Gasteiger partial charge in [-0.3, -0.25) is 4.90 Å². The minimum absolute atomic E-state index is 0.0115. The number of hydrogen-bond donors (Lipinski definition) is 0. The second-order valence-electron chi connectivity index (χ2n) is 8.24. The molecule has 3 aromatic carbocycles. The van der Waals surface area contributed by atoms with Crippen LogP contribution in [0.15, 0.2) is 82.6 Å². The van der Waals surface area contributed by atoms with E-state index in [1.807, 2.05) is 0 Å². The lowest BCUT2D eigenvalue weighted by Crippen LogP contribution is -2.40. The summed E-state index contributed by atoms with van der Waals surface area (Å²) in [5.74, 6) is -0.328. The van der Waals surface area contributed by atoms with E-state index >= 15 is 0 Å². The van der Waals surface area contributed by atoms with Gasteiger partial charge in [-0.25, -0.2) is 12.8 Å². The largest absolute Gasteiger partial charge is 0.404 e. The minimum Gasteiger partial charge on any atom is -0.288 e. The van der Waals surface area contributed by atoms with E-state index in [2.05, 4.69) is 0 Å². The maximum atomic E-state index is 13.4. The second kappa shape index (κ2) is 9.72. The van der Waals surface area contributed by atoms with E-state index in [1.165, 1.54) is 35.2 Å². The first kappa shape index (κ1) is 24.2. The van der Waals surface area contributed by atoms with E-state index in [1.54, 1.807) is 54.6 Å². The van der Waals surface area contributed by atoms with Gasteiger partial charge in [0.1, 0.15) is 11.9 Å². The number of sulfone groups is 1. The summed E-state index contributed by atoms with van der Waals surface area (Å²) in [6, 6.07) is 16.9. The van der Waals surface area contributed by atoms with Crippen molar-refractivity contribution >= 4 is 22.0 Å². The zero-order chi connectivity index (χ0) is 24.3. The van der Waals surface area contributed by atoms with Gasteiger partial charge in [0.2, 0.25) is 9.84 Å². The molecule has 3 aromatic rings. The molecule has 178 valence electrons. The van der Waals surface area contributed by atoms with Crippen molar-refractivity contribution in [2.45, 2.75) is 41.4 Å². The Labute approximate surface area is 196 Å². The van der Waals surface area contributed by atoms with E-state index in [0.29, 0.717) is 12.0 Å². The Balaban J connectivity index is 1.56. The van der Waals surface area contributed by atoms with E-state index in [9.17, 15) is 26.0 Å². The average Bonchev–Trinajstić information content (AvgIpc) is 3.28. The van der Waals surface area contributed by atoms with Gasteiger partial charge >= 0.3 is 6.18 Å². The van der Waals surface area contributed by atoms with Crippen LogP contribution in [0, 0.1) is 5.82 Å². The lowest BCUT2D eigenvalue weighted by Gasteiger charge is -2.27. The number of benzene rings is 3. The Bertz CT molecular complexity index is 1270. The highest BCUT2D eigenvalue weighted by molar-refractivity contribution is 7.91. The SMILES string of the molecule is O=S(=O)(c1ccc(/C=C/c2ccc(F)cc2)cc1)c1ccccc1CN1CCCC1C(F)(F)F. The van der Waals surface area contributed by atoms with Crippen LogP contribution in [0.2, 0.25) is 0 Å². The molecule has 0 aromatic heterocycles. The zero-order valence-corrected chi connectivity index (χ0v) is 19.0. The van der Waals surface area contributed by atoms with Crippen LogP contribution in [0.3, 0.4) is 0 Å². The van der Waals surface area contributed by atoms with Gasteiger partial charge in [-0.1, -0.05) is 54.6 Å². The summed E-state index contributed by atoms with van der Waals surface area (Å²) in [4.78, 5) is 1.38. The van der Waals surface area contributed by atoms with E-state index in [-0.39, 0.29) is 35.1 Å². The molecule has 8 heteroatoms. The van der Waals surface area contributed by atoms with Crippen LogP contribution in [0.25, 0.3) is 12.2 Å². The molecular weight excluding hydrogens is 466 g/mol. The van der Waals surface area contributed by atoms with Crippen LogP contribution >= 0.6 is 0 Å². The predicted octanol–water partition coefficient (Wildman–Crippen LogP) is 6.36. The molecule has 1 unspecified atom stereocenters. The quantitative estimate of drug-likeness (QED) is 0.299. The molecule has 1 heterocycles. The highest BCUT2D eigenvalue weighted by Crippen LogP contribution is 2.35. The Morgan fingerprint density at radius 2 is 1.47 bits per heavy atom. The number of alkyl halides is 3. The Morgan fingerprint density at radius 1 is 0.882 bits per heavy atom. The van der Waals surface area contributed by atoms with Gasteiger partial charge in [-0.05, 0) is 66.4 Å². The molecule has 3 nitrogen and oxygen atoms in total. The van der Waals surface area contributed by atoms with Crippen molar-refractivity contribution in [1.82, 2.24) is 4.90 Å². The fourth-order valence-corrected chi connectivity index (χ4v) is 5.64. The fraction of sp³-hybridized carbons (Fsp3) is 0.231. The molecule has 0 aliphatic carbocycles. The van der Waals surface area contributed by atoms with E-state index in [0.717, 1.165) is 11.1 Å². The van der Waals surface area contributed by atoms with Crippen LogP contribution in [0.5, 0.6) is 0 Å². The summed E-state index contributed by atoms with van der Waals surface area (Å²) in [6.07, 6.45) is -0.341. The standard InChI is InChI=1S/C26H23F4NO2S/c27-22-13-9-19(10-14-22)7-8-20-11-15-23(16-12-20)34(32,33)24-5-2-1-4-21(24)18-31-17-3-6-25(31)26(28,29)30/h1-2,4-5,7-16,25H,3,6,17-18H2/b8-7+. The van der Waals surface area contributed by atoms with Crippen molar-refractivity contribution < 1.29 is 26.0 Å². The fourth-order valence-electron chi connectivity index (χ4n) is 4.15. The van der Waals surface area contributed by atoms with Crippen LogP contribution < -0.4 is 0 Å². The number of likely N-dealkylation sites (tertiary alicyclic amines) is 1. The zero-order valence-electron chi connectivity index (χ0n) is 18.2. The first-order valence-corrected chi connectivity index (χ1v) is 12.3. The monoisotopic (exact) mass is 489 g/mol. The molecule has 0 saturated carbocycles. The summed E-state index contributed by atoms with van der Waals surface area (Å²) in [7, 11) is -3.93. The first-order chi connectivity index (χ1) is 16.1. The summed E-state index contributed by atoms with van der Waals surface area (Å²) < 4.78 is 79.8. The van der Waals surface area contributed by atoms with Gasteiger partial charge in [0.15, 0.2) is 0 Å². The molecule has 1 fully saturated rings. The van der Waals surface area contributed by atoms with Gasteiger partial charge in [-0.15, -0.1) is 0 Å². The Kier molecular flexibility index (Phi) is 6.91. The number of hydrogen-bond acceptors (Lipinski definition) is 3. The molecule has 1 aliphatic heterocycles. The van der Waals surface area contributed by atoms with Crippen molar-refractivity contribution in [3.8, 4) is 0 Å². The molecule has 0 bridgehead atoms. The first-order valence-electron chi connectivity index (χ1n) is 10.8. The normalized spacial score (nSPS) is 17.5. The maximum Gasteiger partial charge on any atom is 0.404 e. The van der Waals surface area contributed by atoms with Gasteiger partial charge in [0.25, 0.3) is 0 Å². The number of halogens is 4. The highest BCUT2D eigenvalue weighted by Gasteiger charge is 2.45. The third kappa shape index (κ3) is 5.39. The Morgan fingerprint density at radius 3 is 2.09 bits per heavy atom. The number of rotatable bonds is 6. The molecule has 34 heavy (non-hydrogen) atoms. The van der Waals surface area contributed by atoms with Crippen molar-refractivity contribution in [3.63, 3.8) is 0 Å². The van der Waals surface area contributed by atoms with Crippen molar-refractivity contribution in [3.05, 3.63) is 95.3 Å². The average molecular weight is 490 g/mol. The molecule has 1 atom stereocenters. The van der Waals surface area contributed by atoms with Crippen molar-refractivity contribution in [2.24, 2.45) is 0 Å². The van der Waals surface area contributed by atoms with E-state index in [4.69, 9.17) is 0 Å². The highest BCUT2D eigenvalue weighted by atomic mass is 32.2. The van der Waals surface area contributed by atoms with Crippen LogP contribution in [-0.2, 0) is 16.4 Å². The molecule has 4 rings (SSSR count). The second-order valence-corrected chi connectivity index (χ2v) is 10.2. The minimum atomic E-state index is -4.35. The van der Waals surface area contributed by atoms with E-state index < -0.39 is 22.1 Å². The smallest absolute Gasteiger partial charge is 0.288 e. The summed E-state index contributed by atoms with van der Waals surface area (Å²) >= 11 is 0. The molecule has 1 saturated heterocycles. The predicted molar refractivity (Wildman–Crippen MR) is 123 cm³/mol. The van der Waals surface area contributed by atoms with Crippen LogP contribution in [0.1, 0.15) is 29.5 Å². The summed E-state index contributed by atoms with van der Waals surface area (Å²) in [5.41, 5.74) is 1.90. The molecule has 0 N–H and O–H groups in total. The molecule has 0 amide bonds. The molecule has 0 spiro atoms. The topological polar surface area (TPSA) is 37.4 Å². The molecule has 0 radical (unpaired) electrons. The molecular formula is C26H23F4NO2S. The number of nitrogens with zero attached hydrogens (tertiary/aromatic N) is 1.